The van der Waals surface area contributed by atoms with E-state index in [2.05, 4.69) is 10.4 Å². The molecule has 0 saturated carbocycles. The minimum absolute atomic E-state index is 0.0156. The van der Waals surface area contributed by atoms with E-state index in [0.717, 1.165) is 20.7 Å². The molecule has 2 aromatic rings. The first-order valence-corrected chi connectivity index (χ1v) is 8.97. The maximum Gasteiger partial charge on any atom is 0.338 e. The number of hydrazone groups is 1. The first-order chi connectivity index (χ1) is 13.7. The van der Waals surface area contributed by atoms with E-state index in [1.807, 2.05) is 30.3 Å². The maximum atomic E-state index is 13.1. The van der Waals surface area contributed by atoms with Crippen molar-refractivity contribution >= 4 is 40.4 Å². The molecule has 4 rings (SSSR count). The van der Waals surface area contributed by atoms with Gasteiger partial charge in [0.15, 0.2) is 17.2 Å². The predicted octanol–water partition coefficient (Wildman–Crippen LogP) is 1.64. The van der Waals surface area contributed by atoms with Gasteiger partial charge in [-0.25, -0.2) is 14.6 Å². The topological polar surface area (TPSA) is 102 Å². The first-order valence-electron chi connectivity index (χ1n) is 8.97. The number of ketones is 1. The van der Waals surface area contributed by atoms with Gasteiger partial charge in [0.05, 0.1) is 6.42 Å². The number of amides is 5. The molecule has 0 aromatic heterocycles. The molecule has 2 aliphatic heterocycles. The van der Waals surface area contributed by atoms with Crippen molar-refractivity contribution < 1.29 is 19.2 Å². The van der Waals surface area contributed by atoms with Gasteiger partial charge in [-0.1, -0.05) is 36.4 Å². The number of Topliss-reactive ketones (excluding diaryl/α,β-unsaturated/α-hetero) is 1. The molecule has 9 nitrogen and oxygen atoms in total. The van der Waals surface area contributed by atoms with Crippen molar-refractivity contribution in [1.82, 2.24) is 20.1 Å². The van der Waals surface area contributed by atoms with Crippen LogP contribution in [0.3, 0.4) is 0 Å². The number of hydrogen-bond donors (Lipinski definition) is 1. The van der Waals surface area contributed by atoms with Crippen LogP contribution in [0.2, 0.25) is 0 Å². The molecule has 5 amide bonds. The van der Waals surface area contributed by atoms with E-state index in [0.29, 0.717) is 5.56 Å². The maximum absolute atomic E-state index is 13.1. The Hall–Kier alpha value is -3.75. The fraction of sp³-hybridized carbons (Fsp3) is 0.250. The second kappa shape index (κ2) is 6.40. The monoisotopic (exact) mass is 393 g/mol. The van der Waals surface area contributed by atoms with E-state index in [1.54, 1.807) is 12.1 Å². The van der Waals surface area contributed by atoms with Crippen molar-refractivity contribution in [1.29, 1.82) is 0 Å². The second-order valence-electron chi connectivity index (χ2n) is 7.15. The van der Waals surface area contributed by atoms with E-state index in [-0.39, 0.29) is 18.0 Å². The minimum Gasteiger partial charge on any atom is -0.315 e. The molecule has 29 heavy (non-hydrogen) atoms. The normalized spacial score (nSPS) is 21.8. The van der Waals surface area contributed by atoms with E-state index in [4.69, 9.17) is 0 Å². The summed E-state index contributed by atoms with van der Waals surface area (Å²) < 4.78 is 0. The van der Waals surface area contributed by atoms with Gasteiger partial charge in [0.2, 0.25) is 0 Å². The molecule has 0 bridgehead atoms. The molecule has 1 N–H and O–H groups in total. The van der Waals surface area contributed by atoms with Crippen LogP contribution in [0.5, 0.6) is 0 Å². The highest BCUT2D eigenvalue weighted by Gasteiger charge is 2.58. The molecule has 0 spiro atoms. The quantitative estimate of drug-likeness (QED) is 0.801. The van der Waals surface area contributed by atoms with Gasteiger partial charge in [-0.05, 0) is 16.8 Å². The summed E-state index contributed by atoms with van der Waals surface area (Å²) in [5.41, 5.74) is -1.34. The lowest BCUT2D eigenvalue weighted by Crippen LogP contribution is -2.76. The molecule has 0 aliphatic carbocycles. The molecule has 1 saturated heterocycles. The van der Waals surface area contributed by atoms with Gasteiger partial charge < -0.3 is 5.32 Å². The Morgan fingerprint density at radius 2 is 1.69 bits per heavy atom. The molecule has 0 radical (unpaired) electrons. The summed E-state index contributed by atoms with van der Waals surface area (Å²) in [5.74, 6) is -1.03. The van der Waals surface area contributed by atoms with Crippen LogP contribution in [0.1, 0.15) is 16.8 Å². The average molecular weight is 393 g/mol. The number of fused-ring (bicyclic) bond motifs is 2. The number of carbonyl (C=O) groups is 4. The SMILES string of the molecule is CN1N=C2N(C)C(=O)N(C)C(=O)C2(CC(=O)c2ccc3ccccc3c2)NC1=O. The van der Waals surface area contributed by atoms with Crippen LogP contribution in [0, 0.1) is 0 Å². The second-order valence-corrected chi connectivity index (χ2v) is 7.15. The van der Waals surface area contributed by atoms with Gasteiger partial charge in [0, 0.05) is 26.7 Å². The number of benzene rings is 2. The molecule has 1 unspecified atom stereocenters. The summed E-state index contributed by atoms with van der Waals surface area (Å²) in [5, 5.41) is 9.58. The third-order valence-electron chi connectivity index (χ3n) is 5.30. The zero-order valence-electron chi connectivity index (χ0n) is 16.2. The first kappa shape index (κ1) is 18.6. The van der Waals surface area contributed by atoms with Crippen molar-refractivity contribution in [3.05, 3.63) is 48.0 Å². The van der Waals surface area contributed by atoms with Crippen molar-refractivity contribution in [2.45, 2.75) is 12.0 Å². The third-order valence-corrected chi connectivity index (χ3v) is 5.30. The lowest BCUT2D eigenvalue weighted by atomic mass is 9.84. The molecule has 2 aliphatic rings. The van der Waals surface area contributed by atoms with Gasteiger partial charge >= 0.3 is 12.1 Å². The molecular formula is C20H19N5O4. The minimum atomic E-state index is -1.75. The van der Waals surface area contributed by atoms with Crippen LogP contribution >= 0.6 is 0 Å². The predicted molar refractivity (Wildman–Crippen MR) is 105 cm³/mol. The van der Waals surface area contributed by atoms with Crippen molar-refractivity contribution in [2.24, 2.45) is 5.10 Å². The highest BCUT2D eigenvalue weighted by atomic mass is 16.2. The van der Waals surface area contributed by atoms with Crippen LogP contribution in [0.25, 0.3) is 10.8 Å². The summed E-state index contributed by atoms with van der Waals surface area (Å²) in [6, 6.07) is 11.6. The Morgan fingerprint density at radius 1 is 1.00 bits per heavy atom. The summed E-state index contributed by atoms with van der Waals surface area (Å²) in [6.45, 7) is 0. The average Bonchev–Trinajstić information content (AvgIpc) is 2.72. The van der Waals surface area contributed by atoms with Crippen LogP contribution in [-0.2, 0) is 4.79 Å². The Bertz CT molecular complexity index is 1110. The Morgan fingerprint density at radius 3 is 2.41 bits per heavy atom. The number of likely N-dealkylation sites (N-methyl/N-ethyl adjacent to an activating group) is 2. The number of imide groups is 1. The van der Waals surface area contributed by atoms with Gasteiger partial charge in [-0.3, -0.25) is 19.4 Å². The summed E-state index contributed by atoms with van der Waals surface area (Å²) in [4.78, 5) is 52.9. The van der Waals surface area contributed by atoms with E-state index >= 15 is 0 Å². The molecule has 2 heterocycles. The van der Waals surface area contributed by atoms with Crippen molar-refractivity contribution in [3.8, 4) is 0 Å². The zero-order chi connectivity index (χ0) is 20.9. The summed E-state index contributed by atoms with van der Waals surface area (Å²) in [6.07, 6.45) is -0.357. The van der Waals surface area contributed by atoms with Crippen LogP contribution < -0.4 is 5.32 Å². The van der Waals surface area contributed by atoms with E-state index < -0.39 is 23.5 Å². The fourth-order valence-corrected chi connectivity index (χ4v) is 3.69. The summed E-state index contributed by atoms with van der Waals surface area (Å²) >= 11 is 0. The van der Waals surface area contributed by atoms with Gasteiger partial charge in [0.1, 0.15) is 0 Å². The molecule has 148 valence electrons. The van der Waals surface area contributed by atoms with Crippen LogP contribution in [-0.4, -0.2) is 71.1 Å². The lowest BCUT2D eigenvalue weighted by Gasteiger charge is -2.46. The van der Waals surface area contributed by atoms with Crippen molar-refractivity contribution in [3.63, 3.8) is 0 Å². The Balaban J connectivity index is 1.77. The Labute approximate surface area is 166 Å². The van der Waals surface area contributed by atoms with Gasteiger partial charge in [0.25, 0.3) is 5.91 Å². The number of nitrogens with one attached hydrogen (secondary N) is 1. The molecule has 1 atom stereocenters. The van der Waals surface area contributed by atoms with Crippen LogP contribution in [0.4, 0.5) is 9.59 Å². The largest absolute Gasteiger partial charge is 0.338 e. The highest BCUT2D eigenvalue weighted by molar-refractivity contribution is 6.27. The smallest absolute Gasteiger partial charge is 0.315 e. The summed E-state index contributed by atoms with van der Waals surface area (Å²) in [7, 11) is 4.16. The zero-order valence-corrected chi connectivity index (χ0v) is 16.2. The van der Waals surface area contributed by atoms with Crippen molar-refractivity contribution in [2.75, 3.05) is 21.1 Å². The van der Waals surface area contributed by atoms with E-state index in [9.17, 15) is 19.2 Å². The van der Waals surface area contributed by atoms with Crippen LogP contribution in [0.15, 0.2) is 47.6 Å². The fourth-order valence-electron chi connectivity index (χ4n) is 3.69. The molecular weight excluding hydrogens is 374 g/mol. The number of amidine groups is 1. The number of nitrogens with zero attached hydrogens (tertiary/aromatic N) is 4. The number of hydrogen-bond acceptors (Lipinski definition) is 5. The Kier molecular flexibility index (Phi) is 4.11. The standard InChI is InChI=1S/C20H19N5O4/c1-23-16-20(17(27)24(2)19(23)29,21-18(28)25(3)22-16)11-15(26)14-9-8-12-6-4-5-7-13(12)10-14/h4-10H,11H2,1-3H3,(H,21,28). The van der Waals surface area contributed by atoms with Gasteiger partial charge in [-0.15, -0.1) is 0 Å². The number of rotatable bonds is 3. The molecule has 9 heteroatoms. The molecule has 2 aromatic carbocycles. The third kappa shape index (κ3) is 2.74. The van der Waals surface area contributed by atoms with E-state index in [1.165, 1.54) is 26.0 Å². The molecule has 1 fully saturated rings. The van der Waals surface area contributed by atoms with Gasteiger partial charge in [-0.2, -0.15) is 5.10 Å². The highest BCUT2D eigenvalue weighted by Crippen LogP contribution is 2.29. The lowest BCUT2D eigenvalue weighted by molar-refractivity contribution is -0.133. The number of urea groups is 2. The number of carbonyl (C=O) groups excluding carboxylic acids is 4.